The zero-order valence-corrected chi connectivity index (χ0v) is 11.5. The van der Waals surface area contributed by atoms with E-state index < -0.39 is 11.9 Å². The summed E-state index contributed by atoms with van der Waals surface area (Å²) < 4.78 is 5.44. The predicted molar refractivity (Wildman–Crippen MR) is 77.1 cm³/mol. The van der Waals surface area contributed by atoms with E-state index in [-0.39, 0.29) is 12.1 Å². The van der Waals surface area contributed by atoms with Crippen LogP contribution in [0.5, 0.6) is 5.75 Å². The molecule has 2 rings (SSSR count). The van der Waals surface area contributed by atoms with Crippen LogP contribution in [0, 0.1) is 5.92 Å². The molecule has 0 saturated heterocycles. The maximum Gasteiger partial charge on any atom is 0.315 e. The van der Waals surface area contributed by atoms with Gasteiger partial charge in [-0.05, 0) is 18.6 Å². The summed E-state index contributed by atoms with van der Waals surface area (Å²) in [6.45, 7) is 0.745. The van der Waals surface area contributed by atoms with E-state index >= 15 is 0 Å². The zero-order valence-electron chi connectivity index (χ0n) is 11.5. The van der Waals surface area contributed by atoms with Gasteiger partial charge in [0.05, 0.1) is 18.5 Å². The molecule has 1 aliphatic carbocycles. The lowest BCUT2D eigenvalue weighted by molar-refractivity contribution is -0.140. The molecule has 1 aliphatic rings. The molecular formula is C15H18N2O4. The fourth-order valence-corrected chi connectivity index (χ4v) is 2.06. The van der Waals surface area contributed by atoms with Crippen LogP contribution in [0.3, 0.4) is 0 Å². The normalized spacial score (nSPS) is 20.0. The maximum absolute atomic E-state index is 11.6. The average Bonchev–Trinajstić information content (AvgIpc) is 2.93. The predicted octanol–water partition coefficient (Wildman–Crippen LogP) is 1.39. The minimum atomic E-state index is -0.868. The number of carboxylic acid groups (broad SMARTS) is 1. The highest BCUT2D eigenvalue weighted by atomic mass is 16.5. The van der Waals surface area contributed by atoms with Crippen LogP contribution in [0.25, 0.3) is 0 Å². The number of benzene rings is 1. The minimum Gasteiger partial charge on any atom is -0.492 e. The van der Waals surface area contributed by atoms with Gasteiger partial charge in [-0.3, -0.25) is 4.79 Å². The van der Waals surface area contributed by atoms with E-state index in [9.17, 15) is 9.59 Å². The van der Waals surface area contributed by atoms with Crippen LogP contribution in [0.4, 0.5) is 4.79 Å². The van der Waals surface area contributed by atoms with Gasteiger partial charge in [-0.2, -0.15) is 0 Å². The summed E-state index contributed by atoms with van der Waals surface area (Å²) in [6, 6.07) is 8.78. The Morgan fingerprint density at radius 2 is 2.00 bits per heavy atom. The molecule has 1 aromatic carbocycles. The summed E-state index contributed by atoms with van der Waals surface area (Å²) in [5.74, 6) is -0.633. The third-order valence-corrected chi connectivity index (χ3v) is 3.12. The quantitative estimate of drug-likeness (QED) is 0.546. The molecule has 0 heterocycles. The smallest absolute Gasteiger partial charge is 0.315 e. The highest BCUT2D eigenvalue weighted by Crippen LogP contribution is 2.17. The fourth-order valence-electron chi connectivity index (χ4n) is 2.06. The number of rotatable bonds is 6. The van der Waals surface area contributed by atoms with Crippen molar-refractivity contribution in [2.75, 3.05) is 13.2 Å². The van der Waals surface area contributed by atoms with E-state index in [2.05, 4.69) is 10.6 Å². The Morgan fingerprint density at radius 1 is 1.24 bits per heavy atom. The molecule has 0 bridgehead atoms. The molecule has 0 saturated carbocycles. The molecule has 1 aromatic rings. The van der Waals surface area contributed by atoms with Crippen LogP contribution in [-0.4, -0.2) is 36.3 Å². The molecule has 0 aliphatic heterocycles. The van der Waals surface area contributed by atoms with Crippen molar-refractivity contribution in [2.45, 2.75) is 12.5 Å². The van der Waals surface area contributed by atoms with Crippen molar-refractivity contribution in [1.82, 2.24) is 10.6 Å². The van der Waals surface area contributed by atoms with Crippen molar-refractivity contribution < 1.29 is 19.4 Å². The van der Waals surface area contributed by atoms with Gasteiger partial charge in [0, 0.05) is 0 Å². The van der Waals surface area contributed by atoms with Crippen LogP contribution in [-0.2, 0) is 4.79 Å². The Labute approximate surface area is 122 Å². The number of amides is 2. The summed E-state index contributed by atoms with van der Waals surface area (Å²) in [5.41, 5.74) is 0. The summed E-state index contributed by atoms with van der Waals surface area (Å²) in [6.07, 6.45) is 3.70. The molecule has 0 aromatic heterocycles. The van der Waals surface area contributed by atoms with Gasteiger partial charge in [-0.25, -0.2) is 4.79 Å². The molecular weight excluding hydrogens is 272 g/mol. The summed E-state index contributed by atoms with van der Waals surface area (Å²) >= 11 is 0. The summed E-state index contributed by atoms with van der Waals surface area (Å²) in [7, 11) is 0. The number of nitrogens with one attached hydrogen (secondary N) is 2. The molecule has 112 valence electrons. The molecule has 2 atom stereocenters. The molecule has 2 amide bonds. The average molecular weight is 290 g/mol. The van der Waals surface area contributed by atoms with Crippen molar-refractivity contribution in [2.24, 2.45) is 5.92 Å². The summed E-state index contributed by atoms with van der Waals surface area (Å²) in [4.78, 5) is 22.4. The molecule has 6 heteroatoms. The van der Waals surface area contributed by atoms with Gasteiger partial charge < -0.3 is 20.5 Å². The number of ether oxygens (including phenoxy) is 1. The second kappa shape index (κ2) is 7.33. The summed E-state index contributed by atoms with van der Waals surface area (Å²) in [5, 5.41) is 14.2. The first-order valence-corrected chi connectivity index (χ1v) is 6.78. The number of para-hydroxylation sites is 1. The lowest BCUT2D eigenvalue weighted by Gasteiger charge is -2.13. The van der Waals surface area contributed by atoms with Gasteiger partial charge in [0.15, 0.2) is 0 Å². The van der Waals surface area contributed by atoms with E-state index in [1.807, 2.05) is 30.3 Å². The lowest BCUT2D eigenvalue weighted by Crippen LogP contribution is -2.42. The largest absolute Gasteiger partial charge is 0.492 e. The van der Waals surface area contributed by atoms with Crippen molar-refractivity contribution in [1.29, 1.82) is 0 Å². The Balaban J connectivity index is 1.60. The standard InChI is InChI=1S/C15H18N2O4/c18-14(19)11-6-7-12(10-11)17-15(20)16-8-9-21-13-4-2-1-3-5-13/h1-7,11-12H,8-10H2,(H,18,19)(H2,16,17,20). The van der Waals surface area contributed by atoms with E-state index in [1.54, 1.807) is 12.2 Å². The molecule has 2 unspecified atom stereocenters. The maximum atomic E-state index is 11.6. The van der Waals surface area contributed by atoms with Crippen molar-refractivity contribution >= 4 is 12.0 Å². The second-order valence-electron chi connectivity index (χ2n) is 4.73. The van der Waals surface area contributed by atoms with Crippen LogP contribution >= 0.6 is 0 Å². The van der Waals surface area contributed by atoms with Crippen molar-refractivity contribution in [3.8, 4) is 5.75 Å². The molecule has 0 radical (unpaired) electrons. The zero-order chi connectivity index (χ0) is 15.1. The Hall–Kier alpha value is -2.50. The van der Waals surface area contributed by atoms with E-state index in [0.29, 0.717) is 19.6 Å². The highest BCUT2D eigenvalue weighted by molar-refractivity contribution is 5.76. The number of carbonyl (C=O) groups is 2. The topological polar surface area (TPSA) is 87.7 Å². The number of carboxylic acids is 1. The van der Waals surface area contributed by atoms with E-state index in [4.69, 9.17) is 9.84 Å². The van der Waals surface area contributed by atoms with Gasteiger partial charge in [0.25, 0.3) is 0 Å². The lowest BCUT2D eigenvalue weighted by atomic mass is 10.1. The Bertz CT molecular complexity index is 516. The first-order chi connectivity index (χ1) is 10.1. The van der Waals surface area contributed by atoms with Crippen LogP contribution in [0.15, 0.2) is 42.5 Å². The van der Waals surface area contributed by atoms with Crippen LogP contribution in [0.2, 0.25) is 0 Å². The molecule has 0 spiro atoms. The number of hydrogen-bond acceptors (Lipinski definition) is 3. The third-order valence-electron chi connectivity index (χ3n) is 3.12. The minimum absolute atomic E-state index is 0.235. The second-order valence-corrected chi connectivity index (χ2v) is 4.73. The molecule has 6 nitrogen and oxygen atoms in total. The molecule has 0 fully saturated rings. The SMILES string of the molecule is O=C(NCCOc1ccccc1)NC1C=CC(C(=O)O)C1. The van der Waals surface area contributed by atoms with Crippen molar-refractivity contribution in [3.63, 3.8) is 0 Å². The van der Waals surface area contributed by atoms with Gasteiger partial charge >= 0.3 is 12.0 Å². The number of aliphatic carboxylic acids is 1. The van der Waals surface area contributed by atoms with Crippen LogP contribution < -0.4 is 15.4 Å². The number of hydrogen-bond donors (Lipinski definition) is 3. The van der Waals surface area contributed by atoms with Crippen LogP contribution in [0.1, 0.15) is 6.42 Å². The molecule has 21 heavy (non-hydrogen) atoms. The van der Waals surface area contributed by atoms with Gasteiger partial charge in [0.1, 0.15) is 12.4 Å². The van der Waals surface area contributed by atoms with Gasteiger partial charge in [-0.15, -0.1) is 0 Å². The first kappa shape index (κ1) is 14.9. The highest BCUT2D eigenvalue weighted by Gasteiger charge is 2.25. The number of urea groups is 1. The van der Waals surface area contributed by atoms with E-state index in [0.717, 1.165) is 5.75 Å². The third kappa shape index (κ3) is 4.83. The fraction of sp³-hybridized carbons (Fsp3) is 0.333. The van der Waals surface area contributed by atoms with Gasteiger partial charge in [0.2, 0.25) is 0 Å². The monoisotopic (exact) mass is 290 g/mol. The number of carbonyl (C=O) groups excluding carboxylic acids is 1. The molecule has 3 N–H and O–H groups in total. The Kier molecular flexibility index (Phi) is 5.20. The Morgan fingerprint density at radius 3 is 2.67 bits per heavy atom. The van der Waals surface area contributed by atoms with E-state index in [1.165, 1.54) is 0 Å². The van der Waals surface area contributed by atoms with Gasteiger partial charge in [-0.1, -0.05) is 30.4 Å². The van der Waals surface area contributed by atoms with Crippen molar-refractivity contribution in [3.05, 3.63) is 42.5 Å². The first-order valence-electron chi connectivity index (χ1n) is 6.78.